The van der Waals surface area contributed by atoms with Crippen LogP contribution in [0.1, 0.15) is 65.0 Å². The molecule has 0 unspecified atom stereocenters. The van der Waals surface area contributed by atoms with E-state index in [0.717, 1.165) is 52.9 Å². The predicted octanol–water partition coefficient (Wildman–Crippen LogP) is 4.65. The standard InChI is InChI=1S/C27H31ClN4O2/c1-18-11-24(28)14-31-25(18)16-32(26-7-3-5-21-6-4-10-29-27(21)26)15-22-9-8-20(12-23(22)17-33)13-30-19(2)34/h4,6,8-12,14,26,33H,3,5,7,13,15-17H2,1-2H3,(H,30,34)/t26-/m0/s1. The second kappa shape index (κ2) is 11.1. The zero-order valence-corrected chi connectivity index (χ0v) is 20.5. The van der Waals surface area contributed by atoms with Crippen molar-refractivity contribution in [3.8, 4) is 0 Å². The van der Waals surface area contributed by atoms with E-state index in [1.54, 1.807) is 6.20 Å². The molecule has 0 aliphatic heterocycles. The topological polar surface area (TPSA) is 78.4 Å². The van der Waals surface area contributed by atoms with Gasteiger partial charge in [-0.25, -0.2) is 0 Å². The van der Waals surface area contributed by atoms with Crippen LogP contribution in [-0.4, -0.2) is 25.9 Å². The number of hydrogen-bond donors (Lipinski definition) is 2. The molecule has 3 aromatic rings. The van der Waals surface area contributed by atoms with Gasteiger partial charge in [0.05, 0.1) is 29.1 Å². The van der Waals surface area contributed by atoms with Crippen LogP contribution in [0.4, 0.5) is 0 Å². The van der Waals surface area contributed by atoms with Gasteiger partial charge in [-0.2, -0.15) is 0 Å². The molecule has 1 aromatic carbocycles. The first-order chi connectivity index (χ1) is 16.4. The van der Waals surface area contributed by atoms with Crippen molar-refractivity contribution in [1.29, 1.82) is 0 Å². The fourth-order valence-corrected chi connectivity index (χ4v) is 4.89. The Morgan fingerprint density at radius 1 is 1.21 bits per heavy atom. The van der Waals surface area contributed by atoms with Crippen LogP contribution in [0.25, 0.3) is 0 Å². The lowest BCUT2D eigenvalue weighted by Gasteiger charge is -2.35. The highest BCUT2D eigenvalue weighted by molar-refractivity contribution is 6.30. The number of nitrogens with one attached hydrogen (secondary N) is 1. The third-order valence-corrected chi connectivity index (χ3v) is 6.67. The van der Waals surface area contributed by atoms with Gasteiger partial charge < -0.3 is 10.4 Å². The summed E-state index contributed by atoms with van der Waals surface area (Å²) < 4.78 is 0. The molecular weight excluding hydrogens is 448 g/mol. The van der Waals surface area contributed by atoms with Gasteiger partial charge in [0.1, 0.15) is 0 Å². The molecular formula is C27H31ClN4O2. The Labute approximate surface area is 206 Å². The van der Waals surface area contributed by atoms with Gasteiger partial charge in [-0.15, -0.1) is 0 Å². The van der Waals surface area contributed by atoms with E-state index in [1.165, 1.54) is 12.5 Å². The minimum atomic E-state index is -0.0740. The lowest BCUT2D eigenvalue weighted by Crippen LogP contribution is -2.32. The van der Waals surface area contributed by atoms with E-state index < -0.39 is 0 Å². The van der Waals surface area contributed by atoms with Gasteiger partial charge in [0.2, 0.25) is 5.91 Å². The molecule has 2 N–H and O–H groups in total. The average molecular weight is 479 g/mol. The minimum Gasteiger partial charge on any atom is -0.392 e. The highest BCUT2D eigenvalue weighted by Crippen LogP contribution is 2.35. The molecule has 1 aliphatic rings. The zero-order chi connectivity index (χ0) is 24.1. The number of pyridine rings is 2. The van der Waals surface area contributed by atoms with E-state index in [1.807, 2.05) is 37.4 Å². The van der Waals surface area contributed by atoms with E-state index in [4.69, 9.17) is 16.6 Å². The zero-order valence-electron chi connectivity index (χ0n) is 19.7. The van der Waals surface area contributed by atoms with Crippen LogP contribution in [0.15, 0.2) is 48.8 Å². The second-order valence-electron chi connectivity index (χ2n) is 8.95. The molecule has 6 nitrogen and oxygen atoms in total. The SMILES string of the molecule is CC(=O)NCc1ccc(CN(Cc2ncc(Cl)cc2C)[C@H]2CCCc3cccnc32)c(CO)c1. The molecule has 1 atom stereocenters. The first-order valence-electron chi connectivity index (χ1n) is 11.7. The maximum atomic E-state index is 11.3. The summed E-state index contributed by atoms with van der Waals surface area (Å²) in [5.41, 5.74) is 7.37. The van der Waals surface area contributed by atoms with Crippen molar-refractivity contribution in [2.24, 2.45) is 0 Å². The van der Waals surface area contributed by atoms with Crippen LogP contribution < -0.4 is 5.32 Å². The van der Waals surface area contributed by atoms with Gasteiger partial charge in [0.25, 0.3) is 0 Å². The van der Waals surface area contributed by atoms with E-state index >= 15 is 0 Å². The molecule has 0 saturated carbocycles. The lowest BCUT2D eigenvalue weighted by molar-refractivity contribution is -0.119. The van der Waals surface area contributed by atoms with Crippen LogP contribution in [0.3, 0.4) is 0 Å². The van der Waals surface area contributed by atoms with E-state index in [2.05, 4.69) is 27.3 Å². The van der Waals surface area contributed by atoms with Crippen molar-refractivity contribution >= 4 is 17.5 Å². The molecule has 0 bridgehead atoms. The number of aliphatic hydroxyl groups excluding tert-OH is 1. The average Bonchev–Trinajstić information content (AvgIpc) is 2.84. The molecule has 1 aliphatic carbocycles. The second-order valence-corrected chi connectivity index (χ2v) is 9.39. The fraction of sp³-hybridized carbons (Fsp3) is 0.370. The van der Waals surface area contributed by atoms with Crippen LogP contribution in [0.2, 0.25) is 5.02 Å². The number of benzene rings is 1. The van der Waals surface area contributed by atoms with Crippen molar-refractivity contribution < 1.29 is 9.90 Å². The Bertz CT molecular complexity index is 1170. The molecule has 2 heterocycles. The summed E-state index contributed by atoms with van der Waals surface area (Å²) in [6, 6.07) is 12.3. The fourth-order valence-electron chi connectivity index (χ4n) is 4.68. The number of halogens is 1. The molecule has 178 valence electrons. The molecule has 1 amide bonds. The molecule has 0 fully saturated rings. The summed E-state index contributed by atoms with van der Waals surface area (Å²) in [6.07, 6.45) is 6.74. The molecule has 0 saturated heterocycles. The van der Waals surface area contributed by atoms with Gasteiger partial charge in [0, 0.05) is 39.0 Å². The van der Waals surface area contributed by atoms with Crippen molar-refractivity contribution in [3.05, 3.63) is 93.0 Å². The number of amides is 1. The van der Waals surface area contributed by atoms with Crippen molar-refractivity contribution in [3.63, 3.8) is 0 Å². The number of carbonyl (C=O) groups excluding carboxylic acids is 1. The summed E-state index contributed by atoms with van der Waals surface area (Å²) in [5.74, 6) is -0.0740. The third kappa shape index (κ3) is 5.81. The van der Waals surface area contributed by atoms with Crippen LogP contribution >= 0.6 is 11.6 Å². The summed E-state index contributed by atoms with van der Waals surface area (Å²) in [7, 11) is 0. The van der Waals surface area contributed by atoms with Gasteiger partial charge in [0.15, 0.2) is 0 Å². The van der Waals surface area contributed by atoms with E-state index in [9.17, 15) is 9.90 Å². The Hall–Kier alpha value is -2.80. The highest BCUT2D eigenvalue weighted by Gasteiger charge is 2.28. The molecule has 0 spiro atoms. The molecule has 0 radical (unpaired) electrons. The Kier molecular flexibility index (Phi) is 7.93. The maximum Gasteiger partial charge on any atom is 0.217 e. The summed E-state index contributed by atoms with van der Waals surface area (Å²) in [6.45, 7) is 5.23. The summed E-state index contributed by atoms with van der Waals surface area (Å²) in [5, 5.41) is 13.6. The first-order valence-corrected chi connectivity index (χ1v) is 12.1. The van der Waals surface area contributed by atoms with E-state index in [0.29, 0.717) is 24.7 Å². The molecule has 7 heteroatoms. The van der Waals surface area contributed by atoms with Gasteiger partial charge in [-0.1, -0.05) is 35.9 Å². The Morgan fingerprint density at radius 2 is 2.06 bits per heavy atom. The Balaban J connectivity index is 1.67. The summed E-state index contributed by atoms with van der Waals surface area (Å²) >= 11 is 6.16. The van der Waals surface area contributed by atoms with Crippen LogP contribution in [-0.2, 0) is 37.5 Å². The monoisotopic (exact) mass is 478 g/mol. The van der Waals surface area contributed by atoms with E-state index in [-0.39, 0.29) is 18.6 Å². The first kappa shape index (κ1) is 24.3. The minimum absolute atomic E-state index is 0.0607. The molecule has 4 rings (SSSR count). The van der Waals surface area contributed by atoms with Gasteiger partial charge in [-0.3, -0.25) is 19.7 Å². The number of aliphatic hydroxyl groups is 1. The van der Waals surface area contributed by atoms with Gasteiger partial charge >= 0.3 is 0 Å². The number of hydrogen-bond acceptors (Lipinski definition) is 5. The maximum absolute atomic E-state index is 11.3. The van der Waals surface area contributed by atoms with Gasteiger partial charge in [-0.05, 0) is 66.1 Å². The number of rotatable bonds is 8. The predicted molar refractivity (Wildman–Crippen MR) is 133 cm³/mol. The third-order valence-electron chi connectivity index (χ3n) is 6.47. The normalized spacial score (nSPS) is 15.3. The smallest absolute Gasteiger partial charge is 0.217 e. The number of aromatic nitrogens is 2. The largest absolute Gasteiger partial charge is 0.392 e. The Morgan fingerprint density at radius 3 is 2.82 bits per heavy atom. The number of carbonyl (C=O) groups is 1. The van der Waals surface area contributed by atoms with Crippen molar-refractivity contribution in [1.82, 2.24) is 20.2 Å². The number of aryl methyl sites for hydroxylation is 2. The lowest BCUT2D eigenvalue weighted by atomic mass is 9.90. The van der Waals surface area contributed by atoms with Crippen LogP contribution in [0.5, 0.6) is 0 Å². The number of fused-ring (bicyclic) bond motifs is 1. The van der Waals surface area contributed by atoms with Crippen LogP contribution in [0, 0.1) is 6.92 Å². The highest BCUT2D eigenvalue weighted by atomic mass is 35.5. The quantitative estimate of drug-likeness (QED) is 0.493. The molecule has 2 aromatic heterocycles. The summed E-state index contributed by atoms with van der Waals surface area (Å²) in [4.78, 5) is 23.1. The molecule has 34 heavy (non-hydrogen) atoms. The van der Waals surface area contributed by atoms with Crippen molar-refractivity contribution in [2.45, 2.75) is 65.4 Å². The number of nitrogens with zero attached hydrogens (tertiary/aromatic N) is 3. The van der Waals surface area contributed by atoms with Crippen molar-refractivity contribution in [2.75, 3.05) is 0 Å².